The van der Waals surface area contributed by atoms with E-state index in [4.69, 9.17) is 5.73 Å². The van der Waals surface area contributed by atoms with E-state index in [-0.39, 0.29) is 5.91 Å². The predicted molar refractivity (Wildman–Crippen MR) is 66.6 cm³/mol. The third kappa shape index (κ3) is 2.82. The fourth-order valence-electron chi connectivity index (χ4n) is 2.44. The maximum Gasteiger partial charge on any atom is 0.272 e. The van der Waals surface area contributed by atoms with Crippen molar-refractivity contribution in [3.8, 4) is 0 Å². The molecular weight excluding hydrogens is 214 g/mol. The molecule has 2 N–H and O–H groups in total. The van der Waals surface area contributed by atoms with Gasteiger partial charge in [-0.3, -0.25) is 9.78 Å². The minimum atomic E-state index is 0.0166. The van der Waals surface area contributed by atoms with Crippen LogP contribution in [0.1, 0.15) is 36.2 Å². The zero-order chi connectivity index (χ0) is 12.1. The van der Waals surface area contributed by atoms with Crippen molar-refractivity contribution in [3.05, 3.63) is 30.1 Å². The molecule has 92 valence electrons. The second-order valence-electron chi connectivity index (χ2n) is 4.44. The summed E-state index contributed by atoms with van der Waals surface area (Å²) in [6.07, 6.45) is 6.27. The van der Waals surface area contributed by atoms with E-state index >= 15 is 0 Å². The molecule has 0 bridgehead atoms. The Morgan fingerprint density at radius 3 is 2.76 bits per heavy atom. The van der Waals surface area contributed by atoms with E-state index in [0.717, 1.165) is 12.8 Å². The van der Waals surface area contributed by atoms with Crippen LogP contribution >= 0.6 is 0 Å². The molecule has 1 aromatic heterocycles. The van der Waals surface area contributed by atoms with Crippen LogP contribution in [-0.2, 0) is 0 Å². The van der Waals surface area contributed by atoms with Crippen LogP contribution in [0.5, 0.6) is 0 Å². The Kier molecular flexibility index (Phi) is 4.09. The van der Waals surface area contributed by atoms with Crippen LogP contribution in [0.4, 0.5) is 0 Å². The zero-order valence-corrected chi connectivity index (χ0v) is 10.0. The van der Waals surface area contributed by atoms with Gasteiger partial charge in [0.05, 0.1) is 0 Å². The Morgan fingerprint density at radius 2 is 2.18 bits per heavy atom. The molecule has 0 atom stereocenters. The van der Waals surface area contributed by atoms with Crippen LogP contribution in [0.15, 0.2) is 24.4 Å². The van der Waals surface area contributed by atoms with E-state index in [9.17, 15) is 4.79 Å². The number of aromatic nitrogens is 1. The Morgan fingerprint density at radius 1 is 1.41 bits per heavy atom. The molecule has 1 amide bonds. The molecule has 0 unspecified atom stereocenters. The van der Waals surface area contributed by atoms with E-state index in [2.05, 4.69) is 4.98 Å². The standard InChI is InChI=1S/C13H19N3O/c14-8-10-16(11-5-1-2-6-11)13(17)12-7-3-4-9-15-12/h3-4,7,9,11H,1-2,5-6,8,10,14H2. The van der Waals surface area contributed by atoms with Gasteiger partial charge in [0.2, 0.25) is 0 Å². The first-order valence-corrected chi connectivity index (χ1v) is 6.25. The number of carbonyl (C=O) groups is 1. The minimum Gasteiger partial charge on any atom is -0.333 e. The van der Waals surface area contributed by atoms with E-state index in [1.54, 1.807) is 12.3 Å². The number of hydrogen-bond donors (Lipinski definition) is 1. The SMILES string of the molecule is NCCN(C(=O)c1ccccn1)C1CCCC1. The topological polar surface area (TPSA) is 59.2 Å². The molecule has 1 fully saturated rings. The molecular formula is C13H19N3O. The lowest BCUT2D eigenvalue weighted by atomic mass is 10.2. The van der Waals surface area contributed by atoms with Gasteiger partial charge in [0.15, 0.2) is 0 Å². The number of rotatable bonds is 4. The number of amides is 1. The summed E-state index contributed by atoms with van der Waals surface area (Å²) < 4.78 is 0. The number of hydrogen-bond acceptors (Lipinski definition) is 3. The second-order valence-corrected chi connectivity index (χ2v) is 4.44. The molecule has 2 rings (SSSR count). The van der Waals surface area contributed by atoms with Gasteiger partial charge in [-0.15, -0.1) is 0 Å². The van der Waals surface area contributed by atoms with Crippen molar-refractivity contribution >= 4 is 5.91 Å². The number of nitrogens with zero attached hydrogens (tertiary/aromatic N) is 2. The third-order valence-corrected chi connectivity index (χ3v) is 3.28. The molecule has 1 aliphatic rings. The van der Waals surface area contributed by atoms with Gasteiger partial charge in [-0.1, -0.05) is 18.9 Å². The Hall–Kier alpha value is -1.42. The fraction of sp³-hybridized carbons (Fsp3) is 0.538. The van der Waals surface area contributed by atoms with Crippen molar-refractivity contribution in [2.24, 2.45) is 5.73 Å². The lowest BCUT2D eigenvalue weighted by Crippen LogP contribution is -2.42. The van der Waals surface area contributed by atoms with E-state index < -0.39 is 0 Å². The highest BCUT2D eigenvalue weighted by atomic mass is 16.2. The van der Waals surface area contributed by atoms with Gasteiger partial charge in [0, 0.05) is 25.3 Å². The van der Waals surface area contributed by atoms with Gasteiger partial charge in [0.25, 0.3) is 5.91 Å². The van der Waals surface area contributed by atoms with Crippen molar-refractivity contribution in [2.45, 2.75) is 31.7 Å². The van der Waals surface area contributed by atoms with E-state index in [1.165, 1.54) is 12.8 Å². The molecule has 0 aromatic carbocycles. The lowest BCUT2D eigenvalue weighted by molar-refractivity contribution is 0.0682. The van der Waals surface area contributed by atoms with Gasteiger partial charge in [-0.2, -0.15) is 0 Å². The molecule has 1 aromatic rings. The summed E-state index contributed by atoms with van der Waals surface area (Å²) >= 11 is 0. The molecule has 0 spiro atoms. The average Bonchev–Trinajstić information content (AvgIpc) is 2.90. The highest BCUT2D eigenvalue weighted by Crippen LogP contribution is 2.24. The first kappa shape index (κ1) is 12.0. The van der Waals surface area contributed by atoms with Crippen LogP contribution < -0.4 is 5.73 Å². The van der Waals surface area contributed by atoms with Gasteiger partial charge in [0.1, 0.15) is 5.69 Å². The molecule has 0 radical (unpaired) electrons. The largest absolute Gasteiger partial charge is 0.333 e. The summed E-state index contributed by atoms with van der Waals surface area (Å²) in [5.74, 6) is 0.0166. The Bertz CT molecular complexity index is 360. The van der Waals surface area contributed by atoms with Gasteiger partial charge in [-0.05, 0) is 25.0 Å². The summed E-state index contributed by atoms with van der Waals surface area (Å²) in [4.78, 5) is 18.3. The lowest BCUT2D eigenvalue weighted by Gasteiger charge is -2.28. The quantitative estimate of drug-likeness (QED) is 0.855. The monoisotopic (exact) mass is 233 g/mol. The molecule has 4 nitrogen and oxygen atoms in total. The molecule has 0 aliphatic heterocycles. The summed E-state index contributed by atoms with van der Waals surface area (Å²) in [6.45, 7) is 1.13. The number of pyridine rings is 1. The normalized spacial score (nSPS) is 16.1. The Labute approximate surface area is 102 Å². The number of nitrogens with two attached hydrogens (primary N) is 1. The molecule has 17 heavy (non-hydrogen) atoms. The fourth-order valence-corrected chi connectivity index (χ4v) is 2.44. The molecule has 1 heterocycles. The smallest absolute Gasteiger partial charge is 0.272 e. The summed E-state index contributed by atoms with van der Waals surface area (Å²) in [5, 5.41) is 0. The van der Waals surface area contributed by atoms with Gasteiger partial charge >= 0.3 is 0 Å². The van der Waals surface area contributed by atoms with Crippen LogP contribution in [0.2, 0.25) is 0 Å². The van der Waals surface area contributed by atoms with Crippen LogP contribution in [0.3, 0.4) is 0 Å². The summed E-state index contributed by atoms with van der Waals surface area (Å²) in [7, 11) is 0. The second kappa shape index (κ2) is 5.77. The molecule has 0 saturated heterocycles. The maximum atomic E-state index is 12.3. The zero-order valence-electron chi connectivity index (χ0n) is 10.0. The predicted octanol–water partition coefficient (Wildman–Crippen LogP) is 1.43. The van der Waals surface area contributed by atoms with Crippen LogP contribution in [0, 0.1) is 0 Å². The van der Waals surface area contributed by atoms with Crippen molar-refractivity contribution in [1.82, 2.24) is 9.88 Å². The number of carbonyl (C=O) groups excluding carboxylic acids is 1. The van der Waals surface area contributed by atoms with Crippen molar-refractivity contribution in [2.75, 3.05) is 13.1 Å². The maximum absolute atomic E-state index is 12.3. The van der Waals surface area contributed by atoms with E-state index in [0.29, 0.717) is 24.8 Å². The first-order chi connectivity index (χ1) is 8.33. The van der Waals surface area contributed by atoms with Gasteiger partial charge in [-0.25, -0.2) is 0 Å². The molecule has 1 aliphatic carbocycles. The van der Waals surface area contributed by atoms with Crippen LogP contribution in [0.25, 0.3) is 0 Å². The molecule has 1 saturated carbocycles. The minimum absolute atomic E-state index is 0.0166. The van der Waals surface area contributed by atoms with Gasteiger partial charge < -0.3 is 10.6 Å². The van der Waals surface area contributed by atoms with Crippen molar-refractivity contribution in [3.63, 3.8) is 0 Å². The summed E-state index contributed by atoms with van der Waals surface area (Å²) in [6, 6.07) is 5.78. The first-order valence-electron chi connectivity index (χ1n) is 6.25. The molecule has 4 heteroatoms. The van der Waals surface area contributed by atoms with Crippen LogP contribution in [-0.4, -0.2) is 34.9 Å². The van der Waals surface area contributed by atoms with Crippen molar-refractivity contribution in [1.29, 1.82) is 0 Å². The summed E-state index contributed by atoms with van der Waals surface area (Å²) in [5.41, 5.74) is 6.12. The Balaban J connectivity index is 2.12. The van der Waals surface area contributed by atoms with Crippen molar-refractivity contribution < 1.29 is 4.79 Å². The third-order valence-electron chi connectivity index (χ3n) is 3.28. The average molecular weight is 233 g/mol. The highest BCUT2D eigenvalue weighted by molar-refractivity contribution is 5.92. The highest BCUT2D eigenvalue weighted by Gasteiger charge is 2.27. The van der Waals surface area contributed by atoms with E-state index in [1.807, 2.05) is 17.0 Å².